The van der Waals surface area contributed by atoms with E-state index in [0.29, 0.717) is 13.2 Å². The van der Waals surface area contributed by atoms with Gasteiger partial charge in [0.1, 0.15) is 0 Å². The van der Waals surface area contributed by atoms with Crippen molar-refractivity contribution in [2.24, 2.45) is 4.99 Å². The number of rotatable bonds is 3. The van der Waals surface area contributed by atoms with Crippen molar-refractivity contribution >= 4 is 6.08 Å². The van der Waals surface area contributed by atoms with E-state index in [2.05, 4.69) is 24.9 Å². The van der Waals surface area contributed by atoms with Gasteiger partial charge in [-0.15, -0.1) is 0 Å². The molecule has 1 aliphatic heterocycles. The molecule has 0 N–H and O–H groups in total. The van der Waals surface area contributed by atoms with Gasteiger partial charge in [-0.2, -0.15) is 4.99 Å². The number of nitrogens with zero attached hydrogens (tertiary/aromatic N) is 1. The van der Waals surface area contributed by atoms with E-state index in [0.717, 1.165) is 54.7 Å². The predicted octanol–water partition coefficient (Wildman–Crippen LogP) is 4.08. The molecule has 4 heteroatoms. The molecule has 118 valence electrons. The molecule has 1 aromatic carbocycles. The smallest absolute Gasteiger partial charge is 0.235 e. The maximum absolute atomic E-state index is 11.0. The maximum Gasteiger partial charge on any atom is 0.235 e. The van der Waals surface area contributed by atoms with Crippen LogP contribution in [0, 0.1) is 0 Å². The minimum atomic E-state index is -0.425. The molecule has 0 amide bonds. The number of isocyanates is 1. The summed E-state index contributed by atoms with van der Waals surface area (Å²) in [6, 6.07) is 4.05. The topological polar surface area (TPSA) is 47.9 Å². The zero-order valence-electron chi connectivity index (χ0n) is 13.4. The number of aliphatic imine (C=N–C) groups is 1. The molecule has 0 radical (unpaired) electrons. The first-order chi connectivity index (χ1) is 10.7. The Morgan fingerprint density at radius 1 is 1.14 bits per heavy atom. The van der Waals surface area contributed by atoms with E-state index >= 15 is 0 Å². The van der Waals surface area contributed by atoms with Crippen LogP contribution < -0.4 is 9.47 Å². The number of fused-ring (bicyclic) bond motifs is 1. The van der Waals surface area contributed by atoms with Gasteiger partial charge in [-0.3, -0.25) is 0 Å². The second-order valence-corrected chi connectivity index (χ2v) is 6.50. The average molecular weight is 301 g/mol. The van der Waals surface area contributed by atoms with Crippen molar-refractivity contribution in [2.75, 3.05) is 13.2 Å². The monoisotopic (exact) mass is 301 g/mol. The Kier molecular flexibility index (Phi) is 4.21. The zero-order chi connectivity index (χ0) is 15.6. The number of hydrogen-bond donors (Lipinski definition) is 0. The van der Waals surface area contributed by atoms with Crippen LogP contribution in [-0.2, 0) is 10.3 Å². The second kappa shape index (κ2) is 6.13. The number of benzene rings is 1. The highest BCUT2D eigenvalue weighted by molar-refractivity contribution is 5.56. The number of carbonyl (C=O) groups excluding carboxylic acids is 1. The lowest BCUT2D eigenvalue weighted by molar-refractivity contribution is 0.295. The van der Waals surface area contributed by atoms with Crippen LogP contribution in [0.4, 0.5) is 0 Å². The molecule has 0 unspecified atom stereocenters. The van der Waals surface area contributed by atoms with Crippen molar-refractivity contribution in [3.05, 3.63) is 23.3 Å². The first-order valence-corrected chi connectivity index (χ1v) is 8.20. The van der Waals surface area contributed by atoms with Gasteiger partial charge in [-0.05, 0) is 30.4 Å². The Balaban J connectivity index is 2.19. The third-order valence-electron chi connectivity index (χ3n) is 4.72. The second-order valence-electron chi connectivity index (χ2n) is 6.50. The molecule has 0 aromatic heterocycles. The molecular weight excluding hydrogens is 278 g/mol. The third kappa shape index (κ3) is 2.52. The molecular formula is C18H23NO3. The van der Waals surface area contributed by atoms with Crippen LogP contribution in [-0.4, -0.2) is 19.3 Å². The standard InChI is InChI=1S/C18H23NO3/c1-13(2)16-14(18(19-12-20)8-3-4-9-18)6-7-15-17(16)22-11-5-10-21-15/h6-7,13H,3-5,8-11H2,1-2H3. The lowest BCUT2D eigenvalue weighted by atomic mass is 9.81. The van der Waals surface area contributed by atoms with Gasteiger partial charge in [0.15, 0.2) is 11.5 Å². The molecule has 0 bridgehead atoms. The van der Waals surface area contributed by atoms with Crippen molar-refractivity contribution in [3.63, 3.8) is 0 Å². The van der Waals surface area contributed by atoms with E-state index in [1.54, 1.807) is 0 Å². The Bertz CT molecular complexity index is 597. The van der Waals surface area contributed by atoms with Gasteiger partial charge in [0.05, 0.1) is 18.8 Å². The molecule has 0 spiro atoms. The fourth-order valence-corrected chi connectivity index (χ4v) is 3.72. The fourth-order valence-electron chi connectivity index (χ4n) is 3.72. The van der Waals surface area contributed by atoms with Gasteiger partial charge in [-0.1, -0.05) is 32.8 Å². The number of ether oxygens (including phenoxy) is 2. The van der Waals surface area contributed by atoms with Crippen LogP contribution >= 0.6 is 0 Å². The quantitative estimate of drug-likeness (QED) is 0.624. The van der Waals surface area contributed by atoms with Crippen molar-refractivity contribution < 1.29 is 14.3 Å². The molecule has 1 aromatic rings. The van der Waals surface area contributed by atoms with E-state index in [-0.39, 0.29) is 5.92 Å². The van der Waals surface area contributed by atoms with Crippen molar-refractivity contribution in [2.45, 2.75) is 57.4 Å². The average Bonchev–Trinajstić information content (AvgIpc) is 2.84. The van der Waals surface area contributed by atoms with Crippen LogP contribution in [0.2, 0.25) is 0 Å². The highest BCUT2D eigenvalue weighted by Crippen LogP contribution is 2.49. The summed E-state index contributed by atoms with van der Waals surface area (Å²) < 4.78 is 11.8. The summed E-state index contributed by atoms with van der Waals surface area (Å²) in [5.74, 6) is 1.94. The molecule has 1 saturated carbocycles. The normalized spacial score (nSPS) is 19.6. The Labute approximate surface area is 131 Å². The minimum absolute atomic E-state index is 0.283. The lowest BCUT2D eigenvalue weighted by Gasteiger charge is -2.29. The summed E-state index contributed by atoms with van der Waals surface area (Å²) >= 11 is 0. The molecule has 1 heterocycles. The van der Waals surface area contributed by atoms with Crippen molar-refractivity contribution in [3.8, 4) is 11.5 Å². The highest BCUT2D eigenvalue weighted by atomic mass is 16.5. The van der Waals surface area contributed by atoms with Crippen LogP contribution in [0.3, 0.4) is 0 Å². The summed E-state index contributed by atoms with van der Waals surface area (Å²) in [6.45, 7) is 5.66. The molecule has 1 fully saturated rings. The van der Waals surface area contributed by atoms with E-state index in [1.165, 1.54) is 0 Å². The summed E-state index contributed by atoms with van der Waals surface area (Å²) in [7, 11) is 0. The molecule has 1 aliphatic carbocycles. The molecule has 2 aliphatic rings. The summed E-state index contributed by atoms with van der Waals surface area (Å²) in [6.07, 6.45) is 6.70. The van der Waals surface area contributed by atoms with E-state index in [9.17, 15) is 4.79 Å². The van der Waals surface area contributed by atoms with Crippen molar-refractivity contribution in [1.82, 2.24) is 0 Å². The summed E-state index contributed by atoms with van der Waals surface area (Å²) in [4.78, 5) is 15.3. The molecule has 22 heavy (non-hydrogen) atoms. The zero-order valence-corrected chi connectivity index (χ0v) is 13.4. The van der Waals surface area contributed by atoms with Crippen LogP contribution in [0.1, 0.15) is 63.0 Å². The first kappa shape index (κ1) is 15.1. The van der Waals surface area contributed by atoms with Crippen molar-refractivity contribution in [1.29, 1.82) is 0 Å². The Morgan fingerprint density at radius 3 is 2.55 bits per heavy atom. The molecule has 3 rings (SSSR count). The molecule has 4 nitrogen and oxygen atoms in total. The van der Waals surface area contributed by atoms with Gasteiger partial charge in [-0.25, -0.2) is 4.79 Å². The summed E-state index contributed by atoms with van der Waals surface area (Å²) in [5, 5.41) is 0. The SMILES string of the molecule is CC(C)c1c(C2(N=C=O)CCCC2)ccc2c1OCCCO2. The highest BCUT2D eigenvalue weighted by Gasteiger charge is 2.39. The van der Waals surface area contributed by atoms with E-state index < -0.39 is 5.54 Å². The van der Waals surface area contributed by atoms with E-state index in [1.807, 2.05) is 12.1 Å². The fraction of sp³-hybridized carbons (Fsp3) is 0.611. The Hall–Kier alpha value is -1.80. The largest absolute Gasteiger partial charge is 0.490 e. The number of hydrogen-bond acceptors (Lipinski definition) is 4. The van der Waals surface area contributed by atoms with Crippen LogP contribution in [0.5, 0.6) is 11.5 Å². The van der Waals surface area contributed by atoms with Gasteiger partial charge < -0.3 is 9.47 Å². The van der Waals surface area contributed by atoms with Gasteiger partial charge in [0.25, 0.3) is 0 Å². The molecule has 0 saturated heterocycles. The van der Waals surface area contributed by atoms with Crippen LogP contribution in [0.25, 0.3) is 0 Å². The maximum atomic E-state index is 11.0. The predicted molar refractivity (Wildman–Crippen MR) is 84.4 cm³/mol. The third-order valence-corrected chi connectivity index (χ3v) is 4.72. The minimum Gasteiger partial charge on any atom is -0.490 e. The molecule has 0 atom stereocenters. The first-order valence-electron chi connectivity index (χ1n) is 8.20. The Morgan fingerprint density at radius 2 is 1.86 bits per heavy atom. The van der Waals surface area contributed by atoms with E-state index in [4.69, 9.17) is 9.47 Å². The van der Waals surface area contributed by atoms with Gasteiger partial charge in [0, 0.05) is 12.0 Å². The van der Waals surface area contributed by atoms with Gasteiger partial charge in [0.2, 0.25) is 6.08 Å². The lowest BCUT2D eigenvalue weighted by Crippen LogP contribution is -2.22. The summed E-state index contributed by atoms with van der Waals surface area (Å²) in [5.41, 5.74) is 1.83. The van der Waals surface area contributed by atoms with Gasteiger partial charge >= 0.3 is 0 Å². The van der Waals surface area contributed by atoms with Crippen LogP contribution in [0.15, 0.2) is 17.1 Å².